The Labute approximate surface area is 74.8 Å². The average molecular weight is 194 g/mol. The highest BCUT2D eigenvalue weighted by molar-refractivity contribution is 6.60. The van der Waals surface area contributed by atoms with Gasteiger partial charge in [-0.1, -0.05) is 13.3 Å². The molecule has 0 saturated heterocycles. The van der Waals surface area contributed by atoms with Crippen molar-refractivity contribution in [3.63, 3.8) is 0 Å². The van der Waals surface area contributed by atoms with Crippen LogP contribution in [0.1, 0.15) is 19.8 Å². The number of rotatable bonds is 7. The summed E-state index contributed by atoms with van der Waals surface area (Å²) in [5.74, 6) is 0. The van der Waals surface area contributed by atoms with Gasteiger partial charge in [-0.15, -0.1) is 0 Å². The molecule has 0 aliphatic heterocycles. The van der Waals surface area contributed by atoms with Crippen molar-refractivity contribution in [2.24, 2.45) is 0 Å². The average Bonchev–Trinajstić information content (AvgIpc) is 2.13. The minimum atomic E-state index is -2.51. The Bertz CT molecular complexity index is 106. The predicted octanol–water partition coefficient (Wildman–Crippen LogP) is 0.985. The molecule has 0 spiro atoms. The molecule has 0 fully saturated rings. The maximum Gasteiger partial charge on any atom is 0.502 e. The molecule has 0 aliphatic carbocycles. The standard InChI is InChI=1S/C7H18O4Si/c1-4-5-6-12(9-2,10-3)11-7-8/h8H,4-7H2,1-3H3. The van der Waals surface area contributed by atoms with Gasteiger partial charge in [-0.2, -0.15) is 0 Å². The summed E-state index contributed by atoms with van der Waals surface area (Å²) in [5.41, 5.74) is 0. The van der Waals surface area contributed by atoms with Crippen LogP contribution in [0.25, 0.3) is 0 Å². The Kier molecular flexibility index (Phi) is 6.59. The zero-order valence-electron chi connectivity index (χ0n) is 8.00. The first-order valence-corrected chi connectivity index (χ1v) is 6.03. The van der Waals surface area contributed by atoms with E-state index in [-0.39, 0.29) is 6.79 Å². The molecule has 12 heavy (non-hydrogen) atoms. The smallest absolute Gasteiger partial charge is 0.377 e. The van der Waals surface area contributed by atoms with Crippen LogP contribution in [0.4, 0.5) is 0 Å². The van der Waals surface area contributed by atoms with Gasteiger partial charge in [0.1, 0.15) is 6.79 Å². The molecule has 74 valence electrons. The highest BCUT2D eigenvalue weighted by Crippen LogP contribution is 2.16. The van der Waals surface area contributed by atoms with Crippen molar-refractivity contribution >= 4 is 8.80 Å². The second-order valence-corrected chi connectivity index (χ2v) is 5.44. The molecule has 0 aromatic heterocycles. The van der Waals surface area contributed by atoms with Crippen LogP contribution >= 0.6 is 0 Å². The van der Waals surface area contributed by atoms with Crippen molar-refractivity contribution in [3.05, 3.63) is 0 Å². The third kappa shape index (κ3) is 3.64. The van der Waals surface area contributed by atoms with Gasteiger partial charge in [-0.25, -0.2) is 0 Å². The molecule has 0 radical (unpaired) electrons. The molecule has 0 bridgehead atoms. The fourth-order valence-electron chi connectivity index (χ4n) is 0.969. The van der Waals surface area contributed by atoms with Crippen LogP contribution in [0, 0.1) is 0 Å². The van der Waals surface area contributed by atoms with Crippen LogP contribution < -0.4 is 0 Å². The lowest BCUT2D eigenvalue weighted by Crippen LogP contribution is -2.43. The Morgan fingerprint density at radius 2 is 1.83 bits per heavy atom. The maximum absolute atomic E-state index is 8.62. The van der Waals surface area contributed by atoms with Crippen LogP contribution in [0.15, 0.2) is 0 Å². The highest BCUT2D eigenvalue weighted by atomic mass is 28.4. The zero-order chi connectivity index (χ0) is 9.45. The lowest BCUT2D eigenvalue weighted by Gasteiger charge is -2.24. The van der Waals surface area contributed by atoms with Crippen LogP contribution in [0.5, 0.6) is 0 Å². The monoisotopic (exact) mass is 194 g/mol. The van der Waals surface area contributed by atoms with Crippen molar-refractivity contribution in [3.8, 4) is 0 Å². The number of aliphatic hydroxyl groups excluding tert-OH is 1. The lowest BCUT2D eigenvalue weighted by atomic mass is 10.4. The lowest BCUT2D eigenvalue weighted by molar-refractivity contribution is 0.0147. The second kappa shape index (κ2) is 6.56. The van der Waals surface area contributed by atoms with Crippen LogP contribution in [-0.4, -0.2) is 34.9 Å². The van der Waals surface area contributed by atoms with Crippen LogP contribution in [0.2, 0.25) is 6.04 Å². The molecule has 0 rings (SSSR count). The van der Waals surface area contributed by atoms with Gasteiger partial charge < -0.3 is 18.4 Å². The molecule has 0 saturated carbocycles. The Morgan fingerprint density at radius 1 is 1.25 bits per heavy atom. The highest BCUT2D eigenvalue weighted by Gasteiger charge is 2.37. The molecule has 0 aromatic carbocycles. The first-order valence-electron chi connectivity index (χ1n) is 4.09. The van der Waals surface area contributed by atoms with E-state index in [4.69, 9.17) is 18.4 Å². The summed E-state index contributed by atoms with van der Waals surface area (Å²) < 4.78 is 15.4. The Morgan fingerprint density at radius 3 is 2.17 bits per heavy atom. The Balaban J connectivity index is 3.95. The summed E-state index contributed by atoms with van der Waals surface area (Å²) >= 11 is 0. The summed E-state index contributed by atoms with van der Waals surface area (Å²) in [7, 11) is 0.599. The number of aliphatic hydroxyl groups is 1. The van der Waals surface area contributed by atoms with E-state index in [1.165, 1.54) is 0 Å². The van der Waals surface area contributed by atoms with E-state index in [2.05, 4.69) is 6.92 Å². The normalized spacial score (nSPS) is 12.0. The zero-order valence-corrected chi connectivity index (χ0v) is 9.00. The van der Waals surface area contributed by atoms with Crippen molar-refractivity contribution in [2.75, 3.05) is 21.0 Å². The molecule has 1 N–H and O–H groups in total. The summed E-state index contributed by atoms with van der Waals surface area (Å²) in [6, 6.07) is 0.761. The predicted molar refractivity (Wildman–Crippen MR) is 47.7 cm³/mol. The van der Waals surface area contributed by atoms with Crippen LogP contribution in [-0.2, 0) is 13.3 Å². The minimum absolute atomic E-state index is 0.336. The van der Waals surface area contributed by atoms with E-state index in [1.54, 1.807) is 14.2 Å². The number of hydrogen-bond donors (Lipinski definition) is 1. The van der Waals surface area contributed by atoms with E-state index in [0.717, 1.165) is 18.9 Å². The summed E-state index contributed by atoms with van der Waals surface area (Å²) in [4.78, 5) is 0. The van der Waals surface area contributed by atoms with Gasteiger partial charge >= 0.3 is 8.80 Å². The molecule has 0 amide bonds. The first kappa shape index (κ1) is 12.1. The third-order valence-corrected chi connectivity index (χ3v) is 4.52. The van der Waals surface area contributed by atoms with Crippen molar-refractivity contribution in [1.82, 2.24) is 0 Å². The number of unbranched alkanes of at least 4 members (excludes halogenated alkanes) is 1. The van der Waals surface area contributed by atoms with Gasteiger partial charge in [-0.05, 0) is 6.42 Å². The topological polar surface area (TPSA) is 47.9 Å². The summed E-state index contributed by atoms with van der Waals surface area (Å²) in [6.07, 6.45) is 2.06. The largest absolute Gasteiger partial charge is 0.502 e. The van der Waals surface area contributed by atoms with Gasteiger partial charge in [0.15, 0.2) is 0 Å². The SMILES string of the molecule is CCCC[Si](OC)(OC)OCO. The third-order valence-electron chi connectivity index (χ3n) is 1.74. The number of hydrogen-bond acceptors (Lipinski definition) is 4. The van der Waals surface area contributed by atoms with Gasteiger partial charge in [-0.3, -0.25) is 0 Å². The molecule has 0 aliphatic rings. The Hall–Kier alpha value is 0.0569. The molecular weight excluding hydrogens is 176 g/mol. The first-order chi connectivity index (χ1) is 5.74. The molecule has 0 unspecified atom stereocenters. The van der Waals surface area contributed by atoms with E-state index < -0.39 is 8.80 Å². The van der Waals surface area contributed by atoms with Gasteiger partial charge in [0.2, 0.25) is 0 Å². The molecule has 4 nitrogen and oxygen atoms in total. The molecule has 0 aromatic rings. The molecule has 0 heterocycles. The van der Waals surface area contributed by atoms with Gasteiger partial charge in [0, 0.05) is 20.3 Å². The van der Waals surface area contributed by atoms with Crippen molar-refractivity contribution < 1.29 is 18.4 Å². The van der Waals surface area contributed by atoms with Gasteiger partial charge in [0.25, 0.3) is 0 Å². The van der Waals surface area contributed by atoms with Crippen molar-refractivity contribution in [1.29, 1.82) is 0 Å². The molecular formula is C7H18O4Si. The molecule has 0 atom stereocenters. The van der Waals surface area contributed by atoms with E-state index in [0.29, 0.717) is 0 Å². The fraction of sp³-hybridized carbons (Fsp3) is 1.00. The summed E-state index contributed by atoms with van der Waals surface area (Å²) in [6.45, 7) is 1.75. The minimum Gasteiger partial charge on any atom is -0.377 e. The van der Waals surface area contributed by atoms with E-state index >= 15 is 0 Å². The van der Waals surface area contributed by atoms with E-state index in [9.17, 15) is 0 Å². The summed E-state index contributed by atoms with van der Waals surface area (Å²) in [5, 5.41) is 8.62. The van der Waals surface area contributed by atoms with Gasteiger partial charge in [0.05, 0.1) is 0 Å². The quantitative estimate of drug-likeness (QED) is 0.485. The molecule has 5 heteroatoms. The maximum atomic E-state index is 8.62. The fourth-order valence-corrected chi connectivity index (χ4v) is 2.91. The second-order valence-electron chi connectivity index (χ2n) is 2.47. The van der Waals surface area contributed by atoms with E-state index in [1.807, 2.05) is 0 Å². The van der Waals surface area contributed by atoms with Crippen LogP contribution in [0.3, 0.4) is 0 Å². The van der Waals surface area contributed by atoms with Crippen molar-refractivity contribution in [2.45, 2.75) is 25.8 Å².